The van der Waals surface area contributed by atoms with Gasteiger partial charge in [-0.1, -0.05) is 19.1 Å². The van der Waals surface area contributed by atoms with Gasteiger partial charge in [0.05, 0.1) is 7.11 Å². The van der Waals surface area contributed by atoms with Crippen LogP contribution in [0.1, 0.15) is 31.7 Å². The molecule has 2 rings (SSSR count). The third-order valence-electron chi connectivity index (χ3n) is 4.27. The lowest BCUT2D eigenvalue weighted by atomic mass is 9.85. The average Bonchev–Trinajstić information content (AvgIpc) is 2.54. The third-order valence-corrected chi connectivity index (χ3v) is 4.27. The second kappa shape index (κ2) is 9.70. The van der Waals surface area contributed by atoms with Gasteiger partial charge in [-0.15, -0.1) is 12.4 Å². The topological polar surface area (TPSA) is 50.4 Å². The highest BCUT2D eigenvalue weighted by molar-refractivity contribution is 5.85. The fraction of sp³-hybridized carbons (Fsp3) is 0.588. The average molecular weight is 327 g/mol. The Kier molecular flexibility index (Phi) is 8.28. The van der Waals surface area contributed by atoms with Gasteiger partial charge in [-0.05, 0) is 55.5 Å². The second-order valence-corrected chi connectivity index (χ2v) is 5.92. The Morgan fingerprint density at radius 3 is 3.00 bits per heavy atom. The van der Waals surface area contributed by atoms with E-state index in [2.05, 4.69) is 17.6 Å². The maximum absolute atomic E-state index is 12.1. The number of nitrogens with one attached hydrogen (secondary N) is 2. The van der Waals surface area contributed by atoms with Crippen molar-refractivity contribution in [2.75, 3.05) is 20.2 Å². The number of methoxy groups -OCH3 is 1. The Hall–Kier alpha value is -1.26. The van der Waals surface area contributed by atoms with Gasteiger partial charge in [-0.2, -0.15) is 0 Å². The molecular formula is C17H27ClN2O2. The van der Waals surface area contributed by atoms with Crippen molar-refractivity contribution in [3.05, 3.63) is 29.8 Å². The van der Waals surface area contributed by atoms with Crippen LogP contribution < -0.4 is 15.4 Å². The molecule has 0 spiro atoms. The first-order chi connectivity index (χ1) is 10.2. The lowest BCUT2D eigenvalue weighted by molar-refractivity contribution is -0.122. The van der Waals surface area contributed by atoms with Crippen LogP contribution in [0.3, 0.4) is 0 Å². The Balaban J connectivity index is 0.00000242. The van der Waals surface area contributed by atoms with Crippen LogP contribution in [0.2, 0.25) is 0 Å². The highest BCUT2D eigenvalue weighted by Crippen LogP contribution is 2.22. The zero-order chi connectivity index (χ0) is 15.1. The first-order valence-electron chi connectivity index (χ1n) is 7.79. The fourth-order valence-corrected chi connectivity index (χ4v) is 2.88. The molecule has 1 aliphatic heterocycles. The van der Waals surface area contributed by atoms with E-state index in [0.717, 1.165) is 24.4 Å². The molecule has 1 aromatic rings. The summed E-state index contributed by atoms with van der Waals surface area (Å²) in [6, 6.07) is 7.80. The molecule has 1 saturated heterocycles. The van der Waals surface area contributed by atoms with Crippen LogP contribution in [0.25, 0.3) is 0 Å². The van der Waals surface area contributed by atoms with Crippen molar-refractivity contribution in [3.8, 4) is 5.75 Å². The maximum Gasteiger partial charge on any atom is 0.220 e. The van der Waals surface area contributed by atoms with Crippen molar-refractivity contribution in [2.45, 2.75) is 32.7 Å². The number of halogens is 1. The number of hydrogen-bond acceptors (Lipinski definition) is 3. The molecule has 0 aromatic heterocycles. The summed E-state index contributed by atoms with van der Waals surface area (Å²) in [6.45, 7) is 4.91. The minimum absolute atomic E-state index is 0. The van der Waals surface area contributed by atoms with Gasteiger partial charge < -0.3 is 15.4 Å². The van der Waals surface area contributed by atoms with Crippen LogP contribution >= 0.6 is 12.4 Å². The van der Waals surface area contributed by atoms with E-state index < -0.39 is 0 Å². The van der Waals surface area contributed by atoms with E-state index in [0.29, 0.717) is 24.8 Å². The summed E-state index contributed by atoms with van der Waals surface area (Å²) in [5.74, 6) is 2.02. The predicted molar refractivity (Wildman–Crippen MR) is 91.5 cm³/mol. The molecule has 1 heterocycles. The van der Waals surface area contributed by atoms with Crippen LogP contribution in [-0.2, 0) is 11.3 Å². The predicted octanol–water partition coefficient (Wildman–Crippen LogP) is 2.76. The lowest BCUT2D eigenvalue weighted by Gasteiger charge is -2.28. The summed E-state index contributed by atoms with van der Waals surface area (Å²) in [4.78, 5) is 12.1. The quantitative estimate of drug-likeness (QED) is 0.845. The fourth-order valence-electron chi connectivity index (χ4n) is 2.88. The summed E-state index contributed by atoms with van der Waals surface area (Å²) in [5.41, 5.74) is 1.06. The van der Waals surface area contributed by atoms with E-state index in [1.165, 1.54) is 12.8 Å². The van der Waals surface area contributed by atoms with Gasteiger partial charge in [-0.25, -0.2) is 0 Å². The number of benzene rings is 1. The largest absolute Gasteiger partial charge is 0.497 e. The molecule has 1 aromatic carbocycles. The zero-order valence-corrected chi connectivity index (χ0v) is 14.2. The molecule has 2 unspecified atom stereocenters. The minimum atomic E-state index is 0. The highest BCUT2D eigenvalue weighted by Gasteiger charge is 2.21. The summed E-state index contributed by atoms with van der Waals surface area (Å²) in [5, 5.41) is 6.42. The summed E-state index contributed by atoms with van der Waals surface area (Å²) >= 11 is 0. The molecule has 5 heteroatoms. The monoisotopic (exact) mass is 326 g/mol. The van der Waals surface area contributed by atoms with E-state index in [9.17, 15) is 4.79 Å². The smallest absolute Gasteiger partial charge is 0.220 e. The summed E-state index contributed by atoms with van der Waals surface area (Å²) < 4.78 is 5.19. The number of amides is 1. The van der Waals surface area contributed by atoms with Gasteiger partial charge >= 0.3 is 0 Å². The second-order valence-electron chi connectivity index (χ2n) is 5.92. The van der Waals surface area contributed by atoms with Gasteiger partial charge in [-0.3, -0.25) is 4.79 Å². The van der Waals surface area contributed by atoms with Gasteiger partial charge in [0.15, 0.2) is 0 Å². The number of piperidine rings is 1. The molecule has 124 valence electrons. The molecule has 1 amide bonds. The van der Waals surface area contributed by atoms with Crippen molar-refractivity contribution in [1.29, 1.82) is 0 Å². The highest BCUT2D eigenvalue weighted by atomic mass is 35.5. The Morgan fingerprint density at radius 2 is 2.32 bits per heavy atom. The summed E-state index contributed by atoms with van der Waals surface area (Å²) in [6.07, 6.45) is 3.06. The Labute approximate surface area is 139 Å². The molecule has 0 aliphatic carbocycles. The van der Waals surface area contributed by atoms with Crippen LogP contribution in [0.5, 0.6) is 5.75 Å². The normalized spacial score (nSPS) is 18.9. The number of carbonyl (C=O) groups is 1. The van der Waals surface area contributed by atoms with Crippen molar-refractivity contribution >= 4 is 18.3 Å². The molecular weight excluding hydrogens is 300 g/mol. The molecule has 0 radical (unpaired) electrons. The molecule has 1 aliphatic rings. The van der Waals surface area contributed by atoms with Crippen molar-refractivity contribution in [3.63, 3.8) is 0 Å². The number of rotatable bonds is 6. The van der Waals surface area contributed by atoms with Gasteiger partial charge in [0.1, 0.15) is 5.75 Å². The number of carbonyl (C=O) groups excluding carboxylic acids is 1. The molecule has 22 heavy (non-hydrogen) atoms. The third kappa shape index (κ3) is 5.85. The minimum Gasteiger partial charge on any atom is -0.497 e. The summed E-state index contributed by atoms with van der Waals surface area (Å²) in [7, 11) is 1.65. The molecule has 4 nitrogen and oxygen atoms in total. The van der Waals surface area contributed by atoms with E-state index in [1.54, 1.807) is 7.11 Å². The maximum atomic E-state index is 12.1. The van der Waals surface area contributed by atoms with E-state index in [4.69, 9.17) is 4.74 Å². The zero-order valence-electron chi connectivity index (χ0n) is 13.4. The standard InChI is InChI=1S/C17H26N2O2.ClH/c1-13(15-6-4-8-18-12-15)9-17(20)19-11-14-5-3-7-16(10-14)21-2;/h3,5,7,10,13,15,18H,4,6,8-9,11-12H2,1-2H3,(H,19,20);1H. The molecule has 1 fully saturated rings. The Bertz CT molecular complexity index is 462. The van der Waals surface area contributed by atoms with E-state index >= 15 is 0 Å². The van der Waals surface area contributed by atoms with Crippen molar-refractivity contribution in [1.82, 2.24) is 10.6 Å². The first-order valence-corrected chi connectivity index (χ1v) is 7.79. The number of ether oxygens (including phenoxy) is 1. The lowest BCUT2D eigenvalue weighted by Crippen LogP contribution is -2.35. The van der Waals surface area contributed by atoms with Crippen LogP contribution in [0, 0.1) is 11.8 Å². The molecule has 0 bridgehead atoms. The number of hydrogen-bond donors (Lipinski definition) is 2. The van der Waals surface area contributed by atoms with Crippen molar-refractivity contribution in [2.24, 2.45) is 11.8 Å². The van der Waals surface area contributed by atoms with Crippen LogP contribution in [0.4, 0.5) is 0 Å². The van der Waals surface area contributed by atoms with Gasteiger partial charge in [0.25, 0.3) is 0 Å². The van der Waals surface area contributed by atoms with Crippen LogP contribution in [0.15, 0.2) is 24.3 Å². The van der Waals surface area contributed by atoms with Gasteiger partial charge in [0.2, 0.25) is 5.91 Å². The van der Waals surface area contributed by atoms with Crippen molar-refractivity contribution < 1.29 is 9.53 Å². The first kappa shape index (κ1) is 18.8. The van der Waals surface area contributed by atoms with E-state index in [-0.39, 0.29) is 18.3 Å². The SMILES string of the molecule is COc1cccc(CNC(=O)CC(C)C2CCCNC2)c1.Cl. The molecule has 0 saturated carbocycles. The molecule has 2 atom stereocenters. The van der Waals surface area contributed by atoms with Gasteiger partial charge in [0, 0.05) is 13.0 Å². The Morgan fingerprint density at radius 1 is 1.50 bits per heavy atom. The molecule has 2 N–H and O–H groups in total. The van der Waals surface area contributed by atoms with Crippen LogP contribution in [-0.4, -0.2) is 26.1 Å². The van der Waals surface area contributed by atoms with E-state index in [1.807, 2.05) is 24.3 Å².